The highest BCUT2D eigenvalue weighted by Crippen LogP contribution is 2.29. The summed E-state index contributed by atoms with van der Waals surface area (Å²) < 4.78 is 5.49. The molecule has 0 saturated heterocycles. The summed E-state index contributed by atoms with van der Waals surface area (Å²) in [4.78, 5) is 42.9. The average molecular weight is 554 g/mol. The molecule has 4 atom stereocenters. The Morgan fingerprint density at radius 1 is 0.975 bits per heavy atom. The number of nitrogens with one attached hydrogen (secondary N) is 2. The minimum atomic E-state index is -1.01. The second-order valence-corrected chi connectivity index (χ2v) is 11.5. The number of phenolic OH excluding ortho intramolecular Hbond substituents is 1. The number of nitrogens with zero attached hydrogens (tertiary/aromatic N) is 1. The molecule has 0 aromatic heterocycles. The topological polar surface area (TPSA) is 108 Å². The van der Waals surface area contributed by atoms with Crippen LogP contribution in [0.3, 0.4) is 0 Å². The first-order valence-corrected chi connectivity index (χ1v) is 14.2. The SMILES string of the molecule is CCCC(C)NC(=O)C(c1ccccc1C)N(C(=O)C(Cc1ccc(O)cc1)NC(=O)OC(C)(C)C)C(C)CC. The Morgan fingerprint density at radius 3 is 2.15 bits per heavy atom. The first-order chi connectivity index (χ1) is 18.8. The Balaban J connectivity index is 2.60. The number of rotatable bonds is 12. The van der Waals surface area contributed by atoms with Crippen LogP contribution in [0.25, 0.3) is 0 Å². The van der Waals surface area contributed by atoms with Gasteiger partial charge in [-0.3, -0.25) is 9.59 Å². The van der Waals surface area contributed by atoms with Crippen LogP contribution in [0.2, 0.25) is 0 Å². The van der Waals surface area contributed by atoms with E-state index >= 15 is 0 Å². The number of aromatic hydroxyl groups is 1. The molecule has 4 unspecified atom stereocenters. The summed E-state index contributed by atoms with van der Waals surface area (Å²) >= 11 is 0. The van der Waals surface area contributed by atoms with E-state index in [1.54, 1.807) is 37.8 Å². The molecule has 0 saturated carbocycles. The Bertz CT molecular complexity index is 1130. The second-order valence-electron chi connectivity index (χ2n) is 11.5. The molecule has 3 N–H and O–H groups in total. The fourth-order valence-electron chi connectivity index (χ4n) is 4.63. The monoisotopic (exact) mass is 553 g/mol. The highest BCUT2D eigenvalue weighted by atomic mass is 16.6. The van der Waals surface area contributed by atoms with Crippen molar-refractivity contribution in [2.24, 2.45) is 0 Å². The van der Waals surface area contributed by atoms with Crippen molar-refractivity contribution in [3.8, 4) is 5.75 Å². The summed E-state index contributed by atoms with van der Waals surface area (Å²) in [6.45, 7) is 15.1. The maximum Gasteiger partial charge on any atom is 0.408 e. The van der Waals surface area contributed by atoms with Gasteiger partial charge in [0, 0.05) is 18.5 Å². The molecular weight excluding hydrogens is 506 g/mol. The van der Waals surface area contributed by atoms with Crippen molar-refractivity contribution < 1.29 is 24.2 Å². The fraction of sp³-hybridized carbons (Fsp3) is 0.531. The molecular formula is C32H47N3O5. The summed E-state index contributed by atoms with van der Waals surface area (Å²) in [6.07, 6.45) is 1.76. The molecule has 0 bridgehead atoms. The van der Waals surface area contributed by atoms with Gasteiger partial charge in [0.2, 0.25) is 11.8 Å². The minimum Gasteiger partial charge on any atom is -0.508 e. The molecule has 0 aliphatic heterocycles. The van der Waals surface area contributed by atoms with Gasteiger partial charge in [0.1, 0.15) is 23.4 Å². The molecule has 220 valence electrons. The van der Waals surface area contributed by atoms with Crippen LogP contribution in [0.5, 0.6) is 5.75 Å². The van der Waals surface area contributed by atoms with E-state index < -0.39 is 23.8 Å². The maximum atomic E-state index is 14.5. The quantitative estimate of drug-likeness (QED) is 0.307. The summed E-state index contributed by atoms with van der Waals surface area (Å²) in [5, 5.41) is 15.6. The number of benzene rings is 2. The molecule has 2 rings (SSSR count). The lowest BCUT2D eigenvalue weighted by molar-refractivity contribution is -0.145. The van der Waals surface area contributed by atoms with Gasteiger partial charge in [-0.05, 0) is 83.2 Å². The molecule has 3 amide bonds. The molecule has 0 fully saturated rings. The van der Waals surface area contributed by atoms with E-state index in [0.717, 1.165) is 29.5 Å². The summed E-state index contributed by atoms with van der Waals surface area (Å²) in [5.41, 5.74) is 1.61. The third-order valence-electron chi connectivity index (χ3n) is 6.81. The number of ether oxygens (including phenoxy) is 1. The number of aryl methyl sites for hydroxylation is 1. The molecule has 40 heavy (non-hydrogen) atoms. The van der Waals surface area contributed by atoms with E-state index in [1.165, 1.54) is 12.1 Å². The third kappa shape index (κ3) is 9.57. The fourth-order valence-corrected chi connectivity index (χ4v) is 4.63. The van der Waals surface area contributed by atoms with Crippen LogP contribution in [-0.2, 0) is 20.7 Å². The van der Waals surface area contributed by atoms with Gasteiger partial charge in [-0.25, -0.2) is 4.79 Å². The van der Waals surface area contributed by atoms with Crippen LogP contribution in [0.4, 0.5) is 4.79 Å². The Hall–Kier alpha value is -3.55. The van der Waals surface area contributed by atoms with Gasteiger partial charge in [-0.2, -0.15) is 0 Å². The largest absolute Gasteiger partial charge is 0.508 e. The van der Waals surface area contributed by atoms with Crippen molar-refractivity contribution in [2.45, 2.75) is 111 Å². The number of alkyl carbamates (subject to hydrolysis) is 1. The summed E-state index contributed by atoms with van der Waals surface area (Å²) in [5.74, 6) is -0.546. The van der Waals surface area contributed by atoms with Crippen LogP contribution >= 0.6 is 0 Å². The van der Waals surface area contributed by atoms with Crippen molar-refractivity contribution in [1.82, 2.24) is 15.5 Å². The van der Waals surface area contributed by atoms with E-state index in [0.29, 0.717) is 6.42 Å². The zero-order chi connectivity index (χ0) is 30.0. The van der Waals surface area contributed by atoms with Gasteiger partial charge in [-0.15, -0.1) is 0 Å². The zero-order valence-electron chi connectivity index (χ0n) is 25.3. The van der Waals surface area contributed by atoms with E-state index in [2.05, 4.69) is 17.6 Å². The minimum absolute atomic E-state index is 0.0643. The van der Waals surface area contributed by atoms with Crippen molar-refractivity contribution in [3.05, 3.63) is 65.2 Å². The van der Waals surface area contributed by atoms with Crippen molar-refractivity contribution in [1.29, 1.82) is 0 Å². The van der Waals surface area contributed by atoms with Crippen molar-refractivity contribution >= 4 is 17.9 Å². The first-order valence-electron chi connectivity index (χ1n) is 14.2. The number of amides is 3. The van der Waals surface area contributed by atoms with Gasteiger partial charge in [-0.1, -0.05) is 56.7 Å². The summed E-state index contributed by atoms with van der Waals surface area (Å²) in [7, 11) is 0. The molecule has 8 nitrogen and oxygen atoms in total. The Labute approximate surface area is 239 Å². The van der Waals surface area contributed by atoms with E-state index in [9.17, 15) is 19.5 Å². The number of carbonyl (C=O) groups excluding carboxylic acids is 3. The molecule has 0 spiro atoms. The van der Waals surface area contributed by atoms with Gasteiger partial charge in [0.15, 0.2) is 0 Å². The predicted octanol–water partition coefficient (Wildman–Crippen LogP) is 5.81. The van der Waals surface area contributed by atoms with E-state index in [-0.39, 0.29) is 36.1 Å². The molecule has 0 aliphatic rings. The Morgan fingerprint density at radius 2 is 1.60 bits per heavy atom. The van der Waals surface area contributed by atoms with Crippen LogP contribution < -0.4 is 10.6 Å². The van der Waals surface area contributed by atoms with Crippen LogP contribution in [0.15, 0.2) is 48.5 Å². The number of hydrogen-bond donors (Lipinski definition) is 3. The molecule has 2 aromatic rings. The lowest BCUT2D eigenvalue weighted by atomic mass is 9.95. The van der Waals surface area contributed by atoms with E-state index in [4.69, 9.17) is 4.74 Å². The Kier molecular flexibility index (Phi) is 12.0. The maximum absolute atomic E-state index is 14.5. The second kappa shape index (κ2) is 14.7. The van der Waals surface area contributed by atoms with Gasteiger partial charge in [0.25, 0.3) is 0 Å². The van der Waals surface area contributed by atoms with Crippen molar-refractivity contribution in [2.75, 3.05) is 0 Å². The molecule has 0 radical (unpaired) electrons. The van der Waals surface area contributed by atoms with Gasteiger partial charge >= 0.3 is 6.09 Å². The molecule has 8 heteroatoms. The lowest BCUT2D eigenvalue weighted by Gasteiger charge is -2.39. The number of hydrogen-bond acceptors (Lipinski definition) is 5. The smallest absolute Gasteiger partial charge is 0.408 e. The van der Waals surface area contributed by atoms with Gasteiger partial charge in [0.05, 0.1) is 0 Å². The lowest BCUT2D eigenvalue weighted by Crippen LogP contribution is -2.56. The van der Waals surface area contributed by atoms with Crippen LogP contribution in [0, 0.1) is 6.92 Å². The highest BCUT2D eigenvalue weighted by molar-refractivity contribution is 5.92. The highest BCUT2D eigenvalue weighted by Gasteiger charge is 2.39. The predicted molar refractivity (Wildman–Crippen MR) is 158 cm³/mol. The summed E-state index contributed by atoms with van der Waals surface area (Å²) in [6, 6.07) is 11.8. The van der Waals surface area contributed by atoms with Crippen LogP contribution in [-0.4, -0.2) is 51.6 Å². The zero-order valence-corrected chi connectivity index (χ0v) is 25.3. The molecule has 0 aliphatic carbocycles. The van der Waals surface area contributed by atoms with Gasteiger partial charge < -0.3 is 25.4 Å². The normalized spacial score (nSPS) is 14.4. The first kappa shape index (κ1) is 32.7. The molecule has 0 heterocycles. The molecule has 2 aromatic carbocycles. The van der Waals surface area contributed by atoms with Crippen LogP contribution in [0.1, 0.15) is 90.5 Å². The average Bonchev–Trinajstić information content (AvgIpc) is 2.87. The van der Waals surface area contributed by atoms with E-state index in [1.807, 2.05) is 52.0 Å². The number of phenols is 1. The number of carbonyl (C=O) groups is 3. The van der Waals surface area contributed by atoms with Crippen molar-refractivity contribution in [3.63, 3.8) is 0 Å². The standard InChI is InChI=1S/C32H47N3O5/c1-9-13-22(4)33-29(37)28(26-15-12-11-14-21(26)3)35(23(5)10-2)30(38)27(34-31(39)40-32(6,7)8)20-24-16-18-25(36)19-17-24/h11-12,14-19,22-23,27-28,36H,9-10,13,20H2,1-8H3,(H,33,37)(H,34,39). The third-order valence-corrected chi connectivity index (χ3v) is 6.81.